The van der Waals surface area contributed by atoms with E-state index in [1.54, 1.807) is 37.7 Å². The van der Waals surface area contributed by atoms with Gasteiger partial charge in [0.05, 0.1) is 29.4 Å². The van der Waals surface area contributed by atoms with E-state index in [1.165, 1.54) is 18.3 Å². The van der Waals surface area contributed by atoms with Gasteiger partial charge in [-0.25, -0.2) is 4.79 Å². The molecular weight excluding hydrogens is 396 g/mol. The molecule has 0 spiro atoms. The van der Waals surface area contributed by atoms with Crippen molar-refractivity contribution in [3.63, 3.8) is 0 Å². The highest BCUT2D eigenvalue weighted by Crippen LogP contribution is 2.34. The quantitative estimate of drug-likeness (QED) is 0.437. The summed E-state index contributed by atoms with van der Waals surface area (Å²) in [7, 11) is 1.59. The first-order chi connectivity index (χ1) is 15.0. The Balaban J connectivity index is 1.85. The molecule has 2 heterocycles. The summed E-state index contributed by atoms with van der Waals surface area (Å²) in [6.45, 7) is 0. The Morgan fingerprint density at radius 1 is 1.10 bits per heavy atom. The summed E-state index contributed by atoms with van der Waals surface area (Å²) in [6, 6.07) is 13.6. The summed E-state index contributed by atoms with van der Waals surface area (Å²) in [5.74, 6) is -1.02. The maximum Gasteiger partial charge on any atom is 0.335 e. The maximum atomic E-state index is 12.0. The van der Waals surface area contributed by atoms with Crippen LogP contribution >= 0.6 is 0 Å². The summed E-state index contributed by atoms with van der Waals surface area (Å²) in [4.78, 5) is 31.9. The number of nitrogens with zero attached hydrogens (tertiary/aromatic N) is 2. The number of carboxylic acids is 1. The molecule has 8 nitrogen and oxygen atoms in total. The predicted molar refractivity (Wildman–Crippen MR) is 117 cm³/mol. The second-order valence-corrected chi connectivity index (χ2v) is 6.73. The van der Waals surface area contributed by atoms with Crippen LogP contribution in [0.2, 0.25) is 0 Å². The van der Waals surface area contributed by atoms with Gasteiger partial charge in [-0.2, -0.15) is 0 Å². The van der Waals surface area contributed by atoms with Gasteiger partial charge < -0.3 is 20.9 Å². The number of carbonyl (C=O) groups is 2. The van der Waals surface area contributed by atoms with Gasteiger partial charge in [-0.15, -0.1) is 0 Å². The number of primary amides is 1. The Labute approximate surface area is 177 Å². The van der Waals surface area contributed by atoms with Crippen molar-refractivity contribution in [3.05, 3.63) is 78.2 Å². The van der Waals surface area contributed by atoms with E-state index < -0.39 is 11.9 Å². The summed E-state index contributed by atoms with van der Waals surface area (Å²) < 4.78 is 5.41. The molecule has 0 saturated heterocycles. The number of carboxylic acid groups (broad SMARTS) is 1. The minimum atomic E-state index is -1.05. The molecule has 2 aromatic carbocycles. The molecule has 0 aliphatic carbocycles. The number of hydrogen-bond acceptors (Lipinski definition) is 6. The number of nitrogens with one attached hydrogen (secondary N) is 1. The Kier molecular flexibility index (Phi) is 5.19. The number of fused-ring (bicyclic) bond motifs is 1. The Morgan fingerprint density at radius 2 is 1.94 bits per heavy atom. The van der Waals surface area contributed by atoms with Gasteiger partial charge in [-0.05, 0) is 35.9 Å². The molecule has 0 unspecified atom stereocenters. The van der Waals surface area contributed by atoms with Crippen molar-refractivity contribution in [2.24, 2.45) is 5.73 Å². The Hall–Kier alpha value is -4.46. The molecule has 0 atom stereocenters. The zero-order chi connectivity index (χ0) is 22.0. The van der Waals surface area contributed by atoms with Gasteiger partial charge in [-0.3, -0.25) is 14.8 Å². The highest BCUT2D eigenvalue weighted by molar-refractivity contribution is 6.08. The lowest BCUT2D eigenvalue weighted by Gasteiger charge is -2.15. The number of ether oxygens (including phenoxy) is 1. The largest absolute Gasteiger partial charge is 0.496 e. The van der Waals surface area contributed by atoms with Crippen LogP contribution in [0.3, 0.4) is 0 Å². The van der Waals surface area contributed by atoms with Crippen molar-refractivity contribution >= 4 is 34.2 Å². The van der Waals surface area contributed by atoms with Gasteiger partial charge in [0.25, 0.3) is 5.91 Å². The van der Waals surface area contributed by atoms with Crippen LogP contribution in [0.15, 0.2) is 67.1 Å². The number of nitrogens with two attached hydrogens (primary N) is 1. The first-order valence-corrected chi connectivity index (χ1v) is 9.29. The predicted octanol–water partition coefficient (Wildman–Crippen LogP) is 3.85. The Morgan fingerprint density at radius 3 is 2.68 bits per heavy atom. The molecule has 31 heavy (non-hydrogen) atoms. The number of carbonyl (C=O) groups excluding carboxylic acids is 1. The van der Waals surface area contributed by atoms with Gasteiger partial charge in [0.15, 0.2) is 0 Å². The van der Waals surface area contributed by atoms with Crippen molar-refractivity contribution in [1.82, 2.24) is 9.97 Å². The van der Waals surface area contributed by atoms with Gasteiger partial charge in [0, 0.05) is 35.2 Å². The lowest BCUT2D eigenvalue weighted by molar-refractivity contribution is 0.0696. The van der Waals surface area contributed by atoms with E-state index in [1.807, 2.05) is 18.2 Å². The average Bonchev–Trinajstić information content (AvgIpc) is 2.78. The fourth-order valence-corrected chi connectivity index (χ4v) is 3.33. The second kappa shape index (κ2) is 8.11. The summed E-state index contributed by atoms with van der Waals surface area (Å²) in [6.07, 6.45) is 4.75. The van der Waals surface area contributed by atoms with Crippen LogP contribution in [0.1, 0.15) is 20.7 Å². The van der Waals surface area contributed by atoms with Crippen LogP contribution in [0.4, 0.5) is 11.4 Å². The summed E-state index contributed by atoms with van der Waals surface area (Å²) in [5.41, 5.74) is 9.09. The van der Waals surface area contributed by atoms with Crippen LogP contribution in [-0.2, 0) is 0 Å². The lowest BCUT2D eigenvalue weighted by Crippen LogP contribution is -2.14. The summed E-state index contributed by atoms with van der Waals surface area (Å²) >= 11 is 0. The number of anilines is 2. The average molecular weight is 414 g/mol. The van der Waals surface area contributed by atoms with Crippen LogP contribution in [0, 0.1) is 0 Å². The molecule has 2 aromatic heterocycles. The molecule has 4 rings (SSSR count). The van der Waals surface area contributed by atoms with E-state index in [2.05, 4.69) is 15.3 Å². The van der Waals surface area contributed by atoms with Crippen molar-refractivity contribution in [1.29, 1.82) is 0 Å². The fourth-order valence-electron chi connectivity index (χ4n) is 3.33. The van der Waals surface area contributed by atoms with E-state index in [0.717, 1.165) is 11.1 Å². The third-order valence-electron chi connectivity index (χ3n) is 4.83. The SMILES string of the molecule is COc1ccncc1-c1ccc2c(Nc3cccc(C(=O)O)c3)c(C(N)=O)cnc2c1. The number of hydrogen-bond donors (Lipinski definition) is 3. The molecule has 154 valence electrons. The summed E-state index contributed by atoms with van der Waals surface area (Å²) in [5, 5.41) is 13.0. The molecule has 8 heteroatoms. The number of benzene rings is 2. The number of rotatable bonds is 6. The van der Waals surface area contributed by atoms with Crippen LogP contribution < -0.4 is 15.8 Å². The zero-order valence-corrected chi connectivity index (χ0v) is 16.5. The lowest BCUT2D eigenvalue weighted by atomic mass is 10.0. The topological polar surface area (TPSA) is 127 Å². The van der Waals surface area contributed by atoms with Crippen molar-refractivity contribution in [3.8, 4) is 16.9 Å². The highest BCUT2D eigenvalue weighted by Gasteiger charge is 2.16. The minimum Gasteiger partial charge on any atom is -0.496 e. The molecule has 4 N–H and O–H groups in total. The molecule has 0 saturated carbocycles. The third-order valence-corrected chi connectivity index (χ3v) is 4.83. The van der Waals surface area contributed by atoms with Crippen LogP contribution in [-0.4, -0.2) is 34.1 Å². The molecule has 0 aliphatic heterocycles. The standard InChI is InChI=1S/C23H18N4O4/c1-31-20-7-8-25-11-17(20)13-5-6-16-19(10-13)26-12-18(22(24)28)21(16)27-15-4-2-3-14(9-15)23(29)30/h2-12H,1H3,(H2,24,28)(H,26,27)(H,29,30). The van der Waals surface area contributed by atoms with E-state index >= 15 is 0 Å². The van der Waals surface area contributed by atoms with Gasteiger partial charge in [-0.1, -0.05) is 18.2 Å². The van der Waals surface area contributed by atoms with Gasteiger partial charge in [0.1, 0.15) is 5.75 Å². The first-order valence-electron chi connectivity index (χ1n) is 9.29. The van der Waals surface area contributed by atoms with Crippen molar-refractivity contribution < 1.29 is 19.4 Å². The number of amides is 1. The maximum absolute atomic E-state index is 12.0. The fraction of sp³-hybridized carbons (Fsp3) is 0.0435. The molecule has 0 bridgehead atoms. The molecule has 1 amide bonds. The number of aromatic carboxylic acids is 1. The van der Waals surface area contributed by atoms with Gasteiger partial charge in [0.2, 0.25) is 0 Å². The number of aromatic nitrogens is 2. The van der Waals surface area contributed by atoms with Crippen molar-refractivity contribution in [2.75, 3.05) is 12.4 Å². The molecule has 4 aromatic rings. The van der Waals surface area contributed by atoms with E-state index in [9.17, 15) is 14.7 Å². The van der Waals surface area contributed by atoms with Gasteiger partial charge >= 0.3 is 5.97 Å². The third kappa shape index (κ3) is 3.86. The Bertz CT molecular complexity index is 1320. The van der Waals surface area contributed by atoms with Crippen LogP contribution in [0.25, 0.3) is 22.0 Å². The van der Waals surface area contributed by atoms with E-state index in [0.29, 0.717) is 28.0 Å². The normalized spacial score (nSPS) is 10.6. The monoisotopic (exact) mass is 414 g/mol. The number of pyridine rings is 2. The van der Waals surface area contributed by atoms with E-state index in [-0.39, 0.29) is 11.1 Å². The van der Waals surface area contributed by atoms with Crippen LogP contribution in [0.5, 0.6) is 5.75 Å². The molecule has 0 radical (unpaired) electrons. The molecular formula is C23H18N4O4. The highest BCUT2D eigenvalue weighted by atomic mass is 16.5. The van der Waals surface area contributed by atoms with Crippen molar-refractivity contribution in [2.45, 2.75) is 0 Å². The first kappa shape index (κ1) is 19.8. The second-order valence-electron chi connectivity index (χ2n) is 6.73. The minimum absolute atomic E-state index is 0.120. The number of methoxy groups -OCH3 is 1. The molecule has 0 aliphatic rings. The van der Waals surface area contributed by atoms with E-state index in [4.69, 9.17) is 10.5 Å². The molecule has 0 fully saturated rings. The zero-order valence-electron chi connectivity index (χ0n) is 16.5. The smallest absolute Gasteiger partial charge is 0.335 e.